The highest BCUT2D eigenvalue weighted by Crippen LogP contribution is 2.58. The minimum atomic E-state index is -0.365. The van der Waals surface area contributed by atoms with E-state index in [2.05, 4.69) is 132 Å². The van der Waals surface area contributed by atoms with Gasteiger partial charge in [-0.3, -0.25) is 4.98 Å². The Balaban J connectivity index is 1.20. The van der Waals surface area contributed by atoms with Gasteiger partial charge in [0, 0.05) is 6.20 Å². The van der Waals surface area contributed by atoms with Crippen LogP contribution in [0.4, 0.5) is 0 Å². The van der Waals surface area contributed by atoms with E-state index in [0.29, 0.717) is 5.71 Å². The first kappa shape index (κ1) is 29.7. The van der Waals surface area contributed by atoms with E-state index < -0.39 is 0 Å². The summed E-state index contributed by atoms with van der Waals surface area (Å²) in [6, 6.07) is 55.5. The van der Waals surface area contributed by atoms with Crippen molar-refractivity contribution < 1.29 is 0 Å². The molecular formula is C47H33N3. The molecule has 3 nitrogen and oxygen atoms in total. The molecule has 0 saturated carbocycles. The van der Waals surface area contributed by atoms with E-state index in [-0.39, 0.29) is 6.04 Å². The van der Waals surface area contributed by atoms with Crippen molar-refractivity contribution in [1.29, 1.82) is 5.41 Å². The first-order valence-corrected chi connectivity index (χ1v) is 17.0. The molecule has 8 aromatic rings. The molecule has 0 saturated heterocycles. The van der Waals surface area contributed by atoms with Crippen LogP contribution in [-0.2, 0) is 0 Å². The van der Waals surface area contributed by atoms with Gasteiger partial charge in [0.1, 0.15) is 0 Å². The van der Waals surface area contributed by atoms with Gasteiger partial charge in [-0.1, -0.05) is 152 Å². The summed E-state index contributed by atoms with van der Waals surface area (Å²) in [6.45, 7) is 0. The number of fused-ring (bicyclic) bond motifs is 4. The molecule has 1 atom stereocenters. The van der Waals surface area contributed by atoms with Crippen molar-refractivity contribution in [3.8, 4) is 55.6 Å². The summed E-state index contributed by atoms with van der Waals surface area (Å²) < 4.78 is 0. The number of allylic oxidation sites excluding steroid dienone is 1. The molecule has 0 radical (unpaired) electrons. The molecule has 3 heteroatoms. The summed E-state index contributed by atoms with van der Waals surface area (Å²) in [6.07, 6.45) is 5.33. The lowest BCUT2D eigenvalue weighted by molar-refractivity contribution is 0.862. The predicted octanol–water partition coefficient (Wildman–Crippen LogP) is 11.7. The summed E-state index contributed by atoms with van der Waals surface area (Å²) in [7, 11) is 0. The maximum absolute atomic E-state index is 8.71. The second-order valence-electron chi connectivity index (χ2n) is 12.8. The highest BCUT2D eigenvalue weighted by atomic mass is 14.8. The summed E-state index contributed by atoms with van der Waals surface area (Å²) in [5.74, 6) is 0. The number of benzene rings is 7. The lowest BCUT2D eigenvalue weighted by Crippen LogP contribution is -2.09. The number of hydrogen-bond donors (Lipinski definition) is 2. The molecule has 0 spiro atoms. The van der Waals surface area contributed by atoms with E-state index >= 15 is 0 Å². The number of nitrogens with zero attached hydrogens (tertiary/aromatic N) is 1. The number of nitrogens with two attached hydrogens (primary N) is 1. The van der Waals surface area contributed by atoms with E-state index in [1.807, 2.05) is 36.4 Å². The number of rotatable bonds is 7. The SMILES string of the molecule is N=C(/C=C\C(N)c1ccccn1)c1ccc(-c2ccc3c4c(cccc24)-c2c-3c(-c3ccccc3)c3ccccc3c2-c2ccccc2)cc1. The second-order valence-corrected chi connectivity index (χ2v) is 12.8. The molecule has 7 aromatic carbocycles. The Labute approximate surface area is 291 Å². The third-order valence-corrected chi connectivity index (χ3v) is 9.93. The van der Waals surface area contributed by atoms with Crippen LogP contribution in [0.5, 0.6) is 0 Å². The van der Waals surface area contributed by atoms with E-state index in [1.54, 1.807) is 12.3 Å². The van der Waals surface area contributed by atoms with Gasteiger partial charge >= 0.3 is 0 Å². The molecule has 1 aliphatic carbocycles. The fourth-order valence-electron chi connectivity index (χ4n) is 7.66. The molecule has 9 rings (SSSR count). The van der Waals surface area contributed by atoms with Crippen LogP contribution in [0.3, 0.4) is 0 Å². The highest BCUT2D eigenvalue weighted by molar-refractivity contribution is 6.28. The Kier molecular flexibility index (Phi) is 7.27. The molecule has 3 N–H and O–H groups in total. The van der Waals surface area contributed by atoms with Gasteiger partial charge in [-0.2, -0.15) is 0 Å². The fraction of sp³-hybridized carbons (Fsp3) is 0.0213. The summed E-state index contributed by atoms with van der Waals surface area (Å²) in [5, 5.41) is 13.7. The van der Waals surface area contributed by atoms with Gasteiger partial charge in [0.2, 0.25) is 0 Å². The average Bonchev–Trinajstić information content (AvgIpc) is 3.52. The van der Waals surface area contributed by atoms with Crippen molar-refractivity contribution in [3.05, 3.63) is 187 Å². The number of hydrogen-bond acceptors (Lipinski definition) is 3. The lowest BCUT2D eigenvalue weighted by atomic mass is 9.82. The van der Waals surface area contributed by atoms with Crippen LogP contribution in [0.1, 0.15) is 17.3 Å². The molecule has 0 fully saturated rings. The van der Waals surface area contributed by atoms with Crippen molar-refractivity contribution >= 4 is 27.3 Å². The van der Waals surface area contributed by atoms with Gasteiger partial charge in [0.25, 0.3) is 0 Å². The number of pyridine rings is 1. The third-order valence-electron chi connectivity index (χ3n) is 9.93. The second kappa shape index (κ2) is 12.2. The van der Waals surface area contributed by atoms with Gasteiger partial charge in [-0.05, 0) is 101 Å². The van der Waals surface area contributed by atoms with E-state index in [0.717, 1.165) is 16.8 Å². The first-order chi connectivity index (χ1) is 24.7. The standard InChI is InChI=1S/C47H33N3/c48-40(27-28-41(49)42-20-9-10-29-50-42)31-23-21-30(22-24-31)34-25-26-39-45-35(34)18-11-19-38(45)46-43(32-12-3-1-4-13-32)36-16-7-8-17-37(36)44(47(39)46)33-14-5-2-6-15-33/h1-29,41,48H,49H2/b28-27-,48-40?. The quantitative estimate of drug-likeness (QED) is 0.170. The minimum Gasteiger partial charge on any atom is -0.319 e. The molecule has 50 heavy (non-hydrogen) atoms. The van der Waals surface area contributed by atoms with Crippen molar-refractivity contribution in [2.75, 3.05) is 0 Å². The molecule has 236 valence electrons. The topological polar surface area (TPSA) is 62.8 Å². The Morgan fingerprint density at radius 3 is 1.68 bits per heavy atom. The van der Waals surface area contributed by atoms with Crippen LogP contribution in [0.25, 0.3) is 77.2 Å². The van der Waals surface area contributed by atoms with Crippen molar-refractivity contribution in [2.45, 2.75) is 6.04 Å². The Morgan fingerprint density at radius 1 is 0.500 bits per heavy atom. The molecular weight excluding hydrogens is 607 g/mol. The summed E-state index contributed by atoms with van der Waals surface area (Å²) in [5.41, 5.74) is 20.7. The number of nitrogens with one attached hydrogen (secondary N) is 1. The predicted molar refractivity (Wildman–Crippen MR) is 209 cm³/mol. The maximum Gasteiger partial charge on any atom is 0.0659 e. The minimum absolute atomic E-state index is 0.365. The first-order valence-electron chi connectivity index (χ1n) is 17.0. The Bertz CT molecular complexity index is 2500. The molecule has 1 unspecified atom stereocenters. The van der Waals surface area contributed by atoms with Crippen LogP contribution < -0.4 is 5.73 Å². The average molecular weight is 640 g/mol. The van der Waals surface area contributed by atoms with Gasteiger partial charge < -0.3 is 11.1 Å². The molecule has 0 aliphatic heterocycles. The largest absolute Gasteiger partial charge is 0.319 e. The zero-order valence-corrected chi connectivity index (χ0v) is 27.3. The third kappa shape index (κ3) is 4.87. The smallest absolute Gasteiger partial charge is 0.0659 e. The van der Waals surface area contributed by atoms with Crippen LogP contribution in [0.15, 0.2) is 176 Å². The summed E-state index contributed by atoms with van der Waals surface area (Å²) in [4.78, 5) is 4.34. The Hall–Kier alpha value is -6.42. The van der Waals surface area contributed by atoms with E-state index in [4.69, 9.17) is 11.1 Å². The summed E-state index contributed by atoms with van der Waals surface area (Å²) >= 11 is 0. The van der Waals surface area contributed by atoms with Crippen LogP contribution >= 0.6 is 0 Å². The molecule has 0 amide bonds. The molecule has 1 heterocycles. The van der Waals surface area contributed by atoms with Gasteiger partial charge in [-0.15, -0.1) is 0 Å². The fourth-order valence-corrected chi connectivity index (χ4v) is 7.66. The monoisotopic (exact) mass is 639 g/mol. The zero-order valence-electron chi connectivity index (χ0n) is 27.3. The highest BCUT2D eigenvalue weighted by Gasteiger charge is 2.31. The van der Waals surface area contributed by atoms with Crippen molar-refractivity contribution in [3.63, 3.8) is 0 Å². The van der Waals surface area contributed by atoms with Gasteiger partial charge in [-0.25, -0.2) is 0 Å². The molecule has 0 bridgehead atoms. The van der Waals surface area contributed by atoms with E-state index in [9.17, 15) is 0 Å². The Morgan fingerprint density at radius 2 is 1.06 bits per heavy atom. The number of aromatic nitrogens is 1. The van der Waals surface area contributed by atoms with Crippen molar-refractivity contribution in [1.82, 2.24) is 4.98 Å². The van der Waals surface area contributed by atoms with Crippen LogP contribution in [-0.4, -0.2) is 10.7 Å². The zero-order chi connectivity index (χ0) is 33.6. The lowest BCUT2D eigenvalue weighted by Gasteiger charge is -2.20. The van der Waals surface area contributed by atoms with E-state index in [1.165, 1.54) is 71.6 Å². The molecule has 1 aromatic heterocycles. The normalized spacial score (nSPS) is 12.4. The van der Waals surface area contributed by atoms with Crippen LogP contribution in [0, 0.1) is 5.41 Å². The van der Waals surface area contributed by atoms with Crippen LogP contribution in [0.2, 0.25) is 0 Å². The molecule has 1 aliphatic rings. The van der Waals surface area contributed by atoms with Gasteiger partial charge in [0.15, 0.2) is 0 Å². The maximum atomic E-state index is 8.71. The van der Waals surface area contributed by atoms with Gasteiger partial charge in [0.05, 0.1) is 17.4 Å². The van der Waals surface area contributed by atoms with Crippen molar-refractivity contribution in [2.24, 2.45) is 5.73 Å².